The molecular weight excluding hydrogens is 404 g/mol. The first-order valence-corrected chi connectivity index (χ1v) is 10.2. The number of furan rings is 1. The zero-order chi connectivity index (χ0) is 20.8. The highest BCUT2D eigenvalue weighted by molar-refractivity contribution is 7.21. The van der Waals surface area contributed by atoms with Crippen LogP contribution in [0.15, 0.2) is 47.1 Å². The Labute approximate surface area is 174 Å². The number of amides is 1. The van der Waals surface area contributed by atoms with Gasteiger partial charge in [-0.2, -0.15) is 0 Å². The molecule has 0 saturated carbocycles. The third kappa shape index (κ3) is 2.91. The fraction of sp³-hybridized carbons (Fsp3) is 0.143. The number of hydrogen-bond acceptors (Lipinski definition) is 6. The van der Waals surface area contributed by atoms with Crippen LogP contribution >= 0.6 is 11.3 Å². The summed E-state index contributed by atoms with van der Waals surface area (Å²) in [6.07, 6.45) is 4.45. The van der Waals surface area contributed by atoms with Gasteiger partial charge in [0.2, 0.25) is 0 Å². The third-order valence-electron chi connectivity index (χ3n) is 5.22. The van der Waals surface area contributed by atoms with Gasteiger partial charge < -0.3 is 15.5 Å². The van der Waals surface area contributed by atoms with Gasteiger partial charge in [-0.3, -0.25) is 4.79 Å². The molecule has 4 N–H and O–H groups in total. The van der Waals surface area contributed by atoms with Gasteiger partial charge in [-0.05, 0) is 49.1 Å². The number of hydrogen-bond donors (Lipinski definition) is 3. The van der Waals surface area contributed by atoms with Crippen molar-refractivity contribution in [2.75, 3.05) is 11.1 Å². The molecule has 3 aromatic heterocycles. The van der Waals surface area contributed by atoms with Crippen molar-refractivity contribution in [1.82, 2.24) is 4.98 Å². The first kappa shape index (κ1) is 18.3. The number of carbonyl (C=O) groups excluding carboxylic acids is 1. The van der Waals surface area contributed by atoms with Crippen molar-refractivity contribution < 1.29 is 19.3 Å². The third-order valence-corrected chi connectivity index (χ3v) is 6.32. The van der Waals surface area contributed by atoms with E-state index in [1.807, 2.05) is 12.1 Å². The van der Waals surface area contributed by atoms with Gasteiger partial charge in [0.15, 0.2) is 0 Å². The van der Waals surface area contributed by atoms with Crippen molar-refractivity contribution >= 4 is 44.5 Å². The summed E-state index contributed by atoms with van der Waals surface area (Å²) in [5.41, 5.74) is 10.5. The second-order valence-electron chi connectivity index (χ2n) is 7.04. The van der Waals surface area contributed by atoms with Crippen LogP contribution in [0.5, 0.6) is 0 Å². The monoisotopic (exact) mass is 421 g/mol. The highest BCUT2D eigenvalue weighted by atomic mass is 32.1. The van der Waals surface area contributed by atoms with E-state index in [0.29, 0.717) is 21.1 Å². The lowest BCUT2D eigenvalue weighted by Gasteiger charge is -2.08. The van der Waals surface area contributed by atoms with Crippen molar-refractivity contribution in [2.24, 2.45) is 0 Å². The van der Waals surface area contributed by atoms with Gasteiger partial charge in [0.25, 0.3) is 10.8 Å². The first-order valence-electron chi connectivity index (χ1n) is 9.38. The first-order chi connectivity index (χ1) is 14.5. The van der Waals surface area contributed by atoms with Crippen molar-refractivity contribution in [1.29, 1.82) is 0 Å². The highest BCUT2D eigenvalue weighted by Gasteiger charge is 2.27. The number of anilines is 2. The number of fused-ring (bicyclic) bond motifs is 2. The number of nitrogens with two attached hydrogens (primary N) is 1. The maximum absolute atomic E-state index is 12.9. The van der Waals surface area contributed by atoms with Gasteiger partial charge >= 0.3 is 5.69 Å². The standard InChI is InChI=1S/C21H16N4O4S/c22-18-17-16(15-5-2-10-29-15)13-3-1-4-14(13)24-21(17)30-19(18)20(26)23-11-6-8-12(9-7-11)25(27)28/h2,5-10H,1,3-4H2,(H3-,22,23,26,27,28)/p+1. The summed E-state index contributed by atoms with van der Waals surface area (Å²) in [6.45, 7) is 0. The van der Waals surface area contributed by atoms with Crippen molar-refractivity contribution in [3.63, 3.8) is 0 Å². The van der Waals surface area contributed by atoms with E-state index in [2.05, 4.69) is 5.32 Å². The SMILES string of the molecule is Nc1c(C(=O)Nc2ccc([N+](=O)O)cc2)sc2nc3c(c(-c4ccco4)c12)CCC3. The molecule has 0 atom stereocenters. The van der Waals surface area contributed by atoms with Gasteiger partial charge in [-0.15, -0.1) is 11.3 Å². The largest absolute Gasteiger partial charge is 0.464 e. The Hall–Kier alpha value is -3.72. The van der Waals surface area contributed by atoms with E-state index in [0.717, 1.165) is 47.2 Å². The lowest BCUT2D eigenvalue weighted by Crippen LogP contribution is -2.12. The second kappa shape index (κ2) is 6.96. The van der Waals surface area contributed by atoms with E-state index in [1.165, 1.54) is 35.6 Å². The molecule has 0 saturated heterocycles. The van der Waals surface area contributed by atoms with Gasteiger partial charge in [0, 0.05) is 34.5 Å². The van der Waals surface area contributed by atoms with Crippen LogP contribution in [-0.2, 0) is 12.8 Å². The molecule has 8 nitrogen and oxygen atoms in total. The summed E-state index contributed by atoms with van der Waals surface area (Å²) < 4.78 is 5.67. The maximum Gasteiger partial charge on any atom is 0.316 e. The molecule has 1 aliphatic rings. The van der Waals surface area contributed by atoms with Crippen LogP contribution in [0.2, 0.25) is 0 Å². The predicted molar refractivity (Wildman–Crippen MR) is 113 cm³/mol. The molecule has 1 amide bonds. The van der Waals surface area contributed by atoms with Crippen LogP contribution in [0.25, 0.3) is 21.5 Å². The minimum Gasteiger partial charge on any atom is -0.464 e. The van der Waals surface area contributed by atoms with E-state index in [1.54, 1.807) is 6.26 Å². The van der Waals surface area contributed by atoms with Crippen LogP contribution in [0, 0.1) is 4.91 Å². The fourth-order valence-corrected chi connectivity index (χ4v) is 4.89. The van der Waals surface area contributed by atoms with Gasteiger partial charge in [0.05, 0.1) is 16.9 Å². The van der Waals surface area contributed by atoms with E-state index < -0.39 is 0 Å². The van der Waals surface area contributed by atoms with Crippen LogP contribution < -0.4 is 11.1 Å². The molecule has 0 spiro atoms. The number of nitrogens with one attached hydrogen (secondary N) is 1. The van der Waals surface area contributed by atoms with Crippen LogP contribution in [0.1, 0.15) is 27.3 Å². The van der Waals surface area contributed by atoms with E-state index in [-0.39, 0.29) is 16.5 Å². The normalized spacial score (nSPS) is 12.8. The zero-order valence-electron chi connectivity index (χ0n) is 15.7. The van der Waals surface area contributed by atoms with Gasteiger partial charge in [0.1, 0.15) is 15.5 Å². The van der Waals surface area contributed by atoms with Crippen molar-refractivity contribution in [3.8, 4) is 11.3 Å². The molecule has 5 rings (SSSR count). The number of nitrogen functional groups attached to an aromatic ring is 1. The molecule has 1 aliphatic carbocycles. The van der Waals surface area contributed by atoms with Crippen LogP contribution in [0.3, 0.4) is 0 Å². The summed E-state index contributed by atoms with van der Waals surface area (Å²) in [7, 11) is 0. The van der Waals surface area contributed by atoms with Crippen molar-refractivity contribution in [2.45, 2.75) is 19.3 Å². The summed E-state index contributed by atoms with van der Waals surface area (Å²) in [6, 6.07) is 9.58. The topological polar surface area (TPSA) is 121 Å². The summed E-state index contributed by atoms with van der Waals surface area (Å²) in [4.78, 5) is 29.4. The number of nitrogens with zero attached hydrogens (tertiary/aromatic N) is 2. The number of carbonyl (C=O) groups is 1. The Morgan fingerprint density at radius 3 is 2.73 bits per heavy atom. The van der Waals surface area contributed by atoms with Crippen molar-refractivity contribution in [3.05, 3.63) is 63.7 Å². The molecule has 0 radical (unpaired) electrons. The van der Waals surface area contributed by atoms with E-state index in [9.17, 15) is 9.70 Å². The fourth-order valence-electron chi connectivity index (χ4n) is 3.87. The number of thiophene rings is 1. The molecule has 30 heavy (non-hydrogen) atoms. The molecule has 0 fully saturated rings. The predicted octanol–water partition coefficient (Wildman–Crippen LogP) is 4.68. The van der Waals surface area contributed by atoms with E-state index in [4.69, 9.17) is 20.3 Å². The van der Waals surface area contributed by atoms with Crippen LogP contribution in [-0.4, -0.2) is 21.0 Å². The number of aryl methyl sites for hydroxylation is 1. The molecule has 4 aromatic rings. The molecule has 150 valence electrons. The molecule has 0 unspecified atom stereocenters. The Bertz CT molecular complexity index is 1290. The van der Waals surface area contributed by atoms with Crippen LogP contribution in [0.4, 0.5) is 17.1 Å². The minimum atomic E-state index is -0.364. The smallest absolute Gasteiger partial charge is 0.316 e. The molecular formula is C21H17N4O4S+. The number of rotatable bonds is 4. The molecule has 0 bridgehead atoms. The molecule has 3 heterocycles. The average molecular weight is 421 g/mol. The average Bonchev–Trinajstić information content (AvgIpc) is 3.47. The Morgan fingerprint density at radius 1 is 1.23 bits per heavy atom. The number of aromatic nitrogens is 1. The lowest BCUT2D eigenvalue weighted by atomic mass is 10.0. The zero-order valence-corrected chi connectivity index (χ0v) is 16.5. The van der Waals surface area contributed by atoms with Gasteiger partial charge in [-0.1, -0.05) is 0 Å². The Kier molecular flexibility index (Phi) is 4.25. The number of benzene rings is 1. The summed E-state index contributed by atoms with van der Waals surface area (Å²) in [5, 5.41) is 12.5. The summed E-state index contributed by atoms with van der Waals surface area (Å²) in [5.74, 6) is 0.357. The minimum absolute atomic E-state index is 0.0659. The highest BCUT2D eigenvalue weighted by Crippen LogP contribution is 2.44. The molecule has 9 heteroatoms. The lowest BCUT2D eigenvalue weighted by molar-refractivity contribution is -0.729. The second-order valence-corrected chi connectivity index (χ2v) is 8.04. The van der Waals surface area contributed by atoms with Gasteiger partial charge in [-0.25, -0.2) is 10.2 Å². The Balaban J connectivity index is 1.57. The van der Waals surface area contributed by atoms with E-state index >= 15 is 0 Å². The maximum atomic E-state index is 12.9. The molecule has 0 aliphatic heterocycles. The summed E-state index contributed by atoms with van der Waals surface area (Å²) >= 11 is 1.25. The molecule has 1 aromatic carbocycles. The Morgan fingerprint density at radius 2 is 2.03 bits per heavy atom. The quantitative estimate of drug-likeness (QED) is 0.411. The number of pyridine rings is 1.